The lowest BCUT2D eigenvalue weighted by molar-refractivity contribution is 0.642. The van der Waals surface area contributed by atoms with E-state index in [0.717, 1.165) is 6.54 Å². The molecule has 0 amide bonds. The summed E-state index contributed by atoms with van der Waals surface area (Å²) in [5.74, 6) is 1.18. The maximum Gasteiger partial charge on any atom is 0.0350 e. The summed E-state index contributed by atoms with van der Waals surface area (Å²) in [6, 6.07) is 0. The van der Waals surface area contributed by atoms with Gasteiger partial charge in [0.1, 0.15) is 0 Å². The molecular formula is C8H15NS. The van der Waals surface area contributed by atoms with Gasteiger partial charge in [-0.3, -0.25) is 0 Å². The minimum absolute atomic E-state index is 0.370. The standard InChI is InChI=1S/C8H15NS/c1-2-10-8(7-9)5-3-4-6-8/h3-4H,2,5-7,9H2,1H3. The molecule has 0 radical (unpaired) electrons. The quantitative estimate of drug-likeness (QED) is 0.632. The van der Waals surface area contributed by atoms with Crippen LogP contribution in [0.5, 0.6) is 0 Å². The molecule has 1 aliphatic carbocycles. The smallest absolute Gasteiger partial charge is 0.0350 e. The van der Waals surface area contributed by atoms with Crippen molar-refractivity contribution in [2.45, 2.75) is 24.5 Å². The molecule has 0 atom stereocenters. The summed E-state index contributed by atoms with van der Waals surface area (Å²) < 4.78 is 0.370. The van der Waals surface area contributed by atoms with Crippen molar-refractivity contribution in [2.24, 2.45) is 5.73 Å². The van der Waals surface area contributed by atoms with Gasteiger partial charge in [0, 0.05) is 11.3 Å². The van der Waals surface area contributed by atoms with Gasteiger partial charge >= 0.3 is 0 Å². The highest BCUT2D eigenvalue weighted by atomic mass is 32.2. The lowest BCUT2D eigenvalue weighted by Crippen LogP contribution is -2.31. The molecule has 0 aromatic rings. The van der Waals surface area contributed by atoms with E-state index in [4.69, 9.17) is 5.73 Å². The Morgan fingerprint density at radius 3 is 2.50 bits per heavy atom. The minimum Gasteiger partial charge on any atom is -0.329 e. The van der Waals surface area contributed by atoms with E-state index >= 15 is 0 Å². The molecular weight excluding hydrogens is 142 g/mol. The lowest BCUT2D eigenvalue weighted by atomic mass is 10.1. The Hall–Kier alpha value is 0.0500. The highest BCUT2D eigenvalue weighted by molar-refractivity contribution is 8.00. The lowest BCUT2D eigenvalue weighted by Gasteiger charge is -2.25. The summed E-state index contributed by atoms with van der Waals surface area (Å²) in [5.41, 5.74) is 5.69. The van der Waals surface area contributed by atoms with Crippen molar-refractivity contribution in [3.8, 4) is 0 Å². The Kier molecular flexibility index (Phi) is 2.81. The van der Waals surface area contributed by atoms with E-state index in [9.17, 15) is 0 Å². The van der Waals surface area contributed by atoms with E-state index in [0.29, 0.717) is 4.75 Å². The van der Waals surface area contributed by atoms with Gasteiger partial charge in [-0.2, -0.15) is 11.8 Å². The molecule has 0 aliphatic heterocycles. The molecule has 1 rings (SSSR count). The predicted octanol–water partition coefficient (Wildman–Crippen LogP) is 1.79. The van der Waals surface area contributed by atoms with Gasteiger partial charge < -0.3 is 5.73 Å². The maximum absolute atomic E-state index is 5.69. The molecule has 0 saturated carbocycles. The Balaban J connectivity index is 2.44. The maximum atomic E-state index is 5.69. The second kappa shape index (κ2) is 3.44. The van der Waals surface area contributed by atoms with Crippen molar-refractivity contribution in [1.82, 2.24) is 0 Å². The highest BCUT2D eigenvalue weighted by Crippen LogP contribution is 2.36. The first-order valence-corrected chi connectivity index (χ1v) is 4.80. The number of allylic oxidation sites excluding steroid dienone is 2. The summed E-state index contributed by atoms with van der Waals surface area (Å²) in [7, 11) is 0. The third-order valence-electron chi connectivity index (χ3n) is 1.97. The number of nitrogens with two attached hydrogens (primary N) is 1. The van der Waals surface area contributed by atoms with E-state index in [2.05, 4.69) is 19.1 Å². The Bertz CT molecular complexity index is 123. The zero-order valence-corrected chi connectivity index (χ0v) is 7.29. The SMILES string of the molecule is CCSC1(CN)CC=CC1. The van der Waals surface area contributed by atoms with Crippen LogP contribution in [0.1, 0.15) is 19.8 Å². The molecule has 0 spiro atoms. The molecule has 0 aromatic carbocycles. The monoisotopic (exact) mass is 157 g/mol. The zero-order valence-electron chi connectivity index (χ0n) is 6.47. The molecule has 0 fully saturated rings. The van der Waals surface area contributed by atoms with Crippen LogP contribution in [0, 0.1) is 0 Å². The molecule has 0 heterocycles. The summed E-state index contributed by atoms with van der Waals surface area (Å²) in [6.45, 7) is 3.01. The average molecular weight is 157 g/mol. The van der Waals surface area contributed by atoms with E-state index < -0.39 is 0 Å². The van der Waals surface area contributed by atoms with Crippen molar-refractivity contribution >= 4 is 11.8 Å². The van der Waals surface area contributed by atoms with Gasteiger partial charge in [0.25, 0.3) is 0 Å². The van der Waals surface area contributed by atoms with Crippen LogP contribution in [0.15, 0.2) is 12.2 Å². The molecule has 0 aromatic heterocycles. The molecule has 0 bridgehead atoms. The molecule has 1 nitrogen and oxygen atoms in total. The van der Waals surface area contributed by atoms with E-state index in [1.165, 1.54) is 18.6 Å². The van der Waals surface area contributed by atoms with Crippen molar-refractivity contribution < 1.29 is 0 Å². The van der Waals surface area contributed by atoms with Gasteiger partial charge in [0.2, 0.25) is 0 Å². The molecule has 0 saturated heterocycles. The third-order valence-corrected chi connectivity index (χ3v) is 3.37. The van der Waals surface area contributed by atoms with Gasteiger partial charge in [-0.25, -0.2) is 0 Å². The topological polar surface area (TPSA) is 26.0 Å². The fourth-order valence-electron chi connectivity index (χ4n) is 1.33. The third kappa shape index (κ3) is 1.55. The summed E-state index contributed by atoms with van der Waals surface area (Å²) in [5, 5.41) is 0. The van der Waals surface area contributed by atoms with E-state index in [1.54, 1.807) is 0 Å². The van der Waals surface area contributed by atoms with Crippen molar-refractivity contribution in [1.29, 1.82) is 0 Å². The summed E-state index contributed by atoms with van der Waals surface area (Å²) in [6.07, 6.45) is 6.83. The van der Waals surface area contributed by atoms with Crippen LogP contribution < -0.4 is 5.73 Å². The van der Waals surface area contributed by atoms with Gasteiger partial charge in [0.05, 0.1) is 0 Å². The number of hydrogen-bond donors (Lipinski definition) is 1. The molecule has 0 unspecified atom stereocenters. The van der Waals surface area contributed by atoms with Gasteiger partial charge in [0.15, 0.2) is 0 Å². The van der Waals surface area contributed by atoms with Crippen LogP contribution in [-0.4, -0.2) is 17.0 Å². The summed E-state index contributed by atoms with van der Waals surface area (Å²) >= 11 is 2.00. The normalized spacial score (nSPS) is 21.8. The van der Waals surface area contributed by atoms with E-state index in [1.807, 2.05) is 11.8 Å². The number of hydrogen-bond acceptors (Lipinski definition) is 2. The van der Waals surface area contributed by atoms with Crippen LogP contribution in [-0.2, 0) is 0 Å². The molecule has 10 heavy (non-hydrogen) atoms. The van der Waals surface area contributed by atoms with Crippen LogP contribution in [0.3, 0.4) is 0 Å². The molecule has 1 aliphatic rings. The minimum atomic E-state index is 0.370. The van der Waals surface area contributed by atoms with Gasteiger partial charge in [-0.1, -0.05) is 19.1 Å². The highest BCUT2D eigenvalue weighted by Gasteiger charge is 2.28. The Morgan fingerprint density at radius 2 is 2.10 bits per heavy atom. The Morgan fingerprint density at radius 1 is 1.50 bits per heavy atom. The number of thioether (sulfide) groups is 1. The molecule has 2 heteroatoms. The molecule has 58 valence electrons. The average Bonchev–Trinajstić information content (AvgIpc) is 2.39. The zero-order chi connectivity index (χ0) is 7.45. The first-order valence-electron chi connectivity index (χ1n) is 3.82. The molecule has 2 N–H and O–H groups in total. The first-order chi connectivity index (χ1) is 4.83. The van der Waals surface area contributed by atoms with Gasteiger partial charge in [-0.15, -0.1) is 0 Å². The van der Waals surface area contributed by atoms with Gasteiger partial charge in [-0.05, 0) is 18.6 Å². The van der Waals surface area contributed by atoms with Crippen LogP contribution in [0.2, 0.25) is 0 Å². The largest absolute Gasteiger partial charge is 0.329 e. The second-order valence-electron chi connectivity index (χ2n) is 2.70. The summed E-state index contributed by atoms with van der Waals surface area (Å²) in [4.78, 5) is 0. The van der Waals surface area contributed by atoms with E-state index in [-0.39, 0.29) is 0 Å². The fraction of sp³-hybridized carbons (Fsp3) is 0.750. The number of rotatable bonds is 3. The first kappa shape index (κ1) is 8.15. The second-order valence-corrected chi connectivity index (χ2v) is 4.43. The van der Waals surface area contributed by atoms with Crippen molar-refractivity contribution in [2.75, 3.05) is 12.3 Å². The van der Waals surface area contributed by atoms with Crippen molar-refractivity contribution in [3.63, 3.8) is 0 Å². The Labute approximate surface area is 67.1 Å². The van der Waals surface area contributed by atoms with Crippen LogP contribution in [0.4, 0.5) is 0 Å². The predicted molar refractivity (Wildman–Crippen MR) is 48.3 cm³/mol. The van der Waals surface area contributed by atoms with Crippen LogP contribution in [0.25, 0.3) is 0 Å². The van der Waals surface area contributed by atoms with Crippen LogP contribution >= 0.6 is 11.8 Å². The fourth-order valence-corrected chi connectivity index (χ4v) is 2.49. The van der Waals surface area contributed by atoms with Crippen molar-refractivity contribution in [3.05, 3.63) is 12.2 Å².